The minimum absolute atomic E-state index is 0.0391. The van der Waals surface area contributed by atoms with Gasteiger partial charge in [-0.05, 0) is 55.3 Å². The normalized spacial score (nSPS) is 29.5. The molecule has 0 unspecified atom stereocenters. The van der Waals surface area contributed by atoms with Gasteiger partial charge in [0.25, 0.3) is 5.91 Å². The predicted octanol–water partition coefficient (Wildman–Crippen LogP) is 3.90. The molecule has 1 N–H and O–H groups in total. The van der Waals surface area contributed by atoms with Crippen LogP contribution in [0.4, 0.5) is 15.5 Å². The van der Waals surface area contributed by atoms with Gasteiger partial charge in [0.05, 0.1) is 30.9 Å². The fourth-order valence-electron chi connectivity index (χ4n) is 7.76. The second kappa shape index (κ2) is 10.0. The first-order valence-corrected chi connectivity index (χ1v) is 17.5. The van der Waals surface area contributed by atoms with Crippen LogP contribution in [-0.2, 0) is 37.7 Å². The Balaban J connectivity index is 1.36. The molecule has 2 aromatic carbocycles. The average molecular weight is 580 g/mol. The largest absolute Gasteiger partial charge is 0.394 e. The zero-order valence-electron chi connectivity index (χ0n) is 24.1. The molecule has 2 aromatic rings. The third-order valence-corrected chi connectivity index (χ3v) is 12.2. The molecule has 0 bridgehead atoms. The Morgan fingerprint density at radius 2 is 1.90 bits per heavy atom. The number of hydrogen-bond donors (Lipinski definition) is 1. The third kappa shape index (κ3) is 4.33. The lowest BCUT2D eigenvalue weighted by Crippen LogP contribution is -2.48. The number of nitrogens with zero attached hydrogens (tertiary/aromatic N) is 3. The summed E-state index contributed by atoms with van der Waals surface area (Å²) >= 11 is 0. The van der Waals surface area contributed by atoms with Gasteiger partial charge in [0, 0.05) is 49.3 Å². The number of carbonyl (C=O) groups is 3. The van der Waals surface area contributed by atoms with E-state index in [4.69, 9.17) is 4.74 Å². The maximum atomic E-state index is 16.2. The number of hydrogen-bond acceptors (Lipinski definition) is 5. The molecule has 0 radical (unpaired) electrons. The van der Waals surface area contributed by atoms with E-state index in [1.54, 1.807) is 34.8 Å². The van der Waals surface area contributed by atoms with E-state index in [0.717, 1.165) is 17.5 Å². The van der Waals surface area contributed by atoms with Crippen molar-refractivity contribution in [2.75, 3.05) is 30.0 Å². The Bertz CT molecular complexity index is 1410. The van der Waals surface area contributed by atoms with E-state index in [0.29, 0.717) is 42.9 Å². The van der Waals surface area contributed by atoms with Crippen molar-refractivity contribution >= 4 is 37.5 Å². The molecule has 4 heterocycles. The van der Waals surface area contributed by atoms with Crippen molar-refractivity contribution in [3.63, 3.8) is 0 Å². The van der Waals surface area contributed by atoms with Gasteiger partial charge in [-0.15, -0.1) is 0 Å². The van der Waals surface area contributed by atoms with Crippen molar-refractivity contribution in [1.82, 2.24) is 4.90 Å². The zero-order chi connectivity index (χ0) is 29.3. The van der Waals surface area contributed by atoms with Gasteiger partial charge in [0.1, 0.15) is 0 Å². The van der Waals surface area contributed by atoms with Crippen LogP contribution >= 0.6 is 0 Å². The van der Waals surface area contributed by atoms with Crippen LogP contribution in [0.1, 0.15) is 42.9 Å². The first-order valence-electron chi connectivity index (χ1n) is 14.5. The topological polar surface area (TPSA) is 90.4 Å². The van der Waals surface area contributed by atoms with Crippen LogP contribution in [0.25, 0.3) is 0 Å². The Morgan fingerprint density at radius 3 is 2.56 bits per heavy atom. The molecule has 1 spiro atoms. The molecule has 0 aromatic heterocycles. The maximum Gasteiger partial charge on any atom is 0.264 e. The Morgan fingerprint density at radius 1 is 1.17 bits per heavy atom. The van der Waals surface area contributed by atoms with Crippen molar-refractivity contribution in [2.24, 2.45) is 5.92 Å². The van der Waals surface area contributed by atoms with Crippen molar-refractivity contribution in [3.05, 3.63) is 59.2 Å². The van der Waals surface area contributed by atoms with Crippen molar-refractivity contribution in [1.29, 1.82) is 0 Å². The number of anilines is 2. The Hall–Kier alpha value is -3.08. The number of halogens is 1. The number of aliphatic hydroxyl groups is 1. The van der Waals surface area contributed by atoms with E-state index in [1.807, 2.05) is 49.4 Å². The summed E-state index contributed by atoms with van der Waals surface area (Å²) in [5.41, 5.74) is 2.09. The lowest BCUT2D eigenvalue weighted by Gasteiger charge is -2.37. The second-order valence-electron chi connectivity index (χ2n) is 12.5. The minimum Gasteiger partial charge on any atom is -0.394 e. The van der Waals surface area contributed by atoms with E-state index in [2.05, 4.69) is 0 Å². The van der Waals surface area contributed by atoms with Crippen LogP contribution in [0.15, 0.2) is 42.5 Å². The number of likely N-dealkylation sites (N-methyl/N-ethyl adjacent to an activating group) is 1. The fraction of sp³-hybridized carbons (Fsp3) is 0.516. The fourth-order valence-corrected chi connectivity index (χ4v) is 10.3. The van der Waals surface area contributed by atoms with Crippen molar-refractivity contribution < 1.29 is 28.3 Å². The number of fused-ring (bicyclic) bond motifs is 3. The highest BCUT2D eigenvalue weighted by atomic mass is 28.4. The van der Waals surface area contributed by atoms with Gasteiger partial charge in [-0.25, -0.2) is 0 Å². The predicted molar refractivity (Wildman–Crippen MR) is 156 cm³/mol. The summed E-state index contributed by atoms with van der Waals surface area (Å²) in [4.78, 5) is 45.4. The molecule has 5 atom stereocenters. The first-order chi connectivity index (χ1) is 19.5. The van der Waals surface area contributed by atoms with Gasteiger partial charge in [0.2, 0.25) is 20.2 Å². The SMILES string of the molecule is C[C@@H]1[C@@H]([Si](C)(C)F)[C@H](CC(=O)N2Cc3ccccc3C[C@H]2CO)O[C@@]12C(=O)N(C)c1ccc(N3CCCC3=O)cc12. The highest BCUT2D eigenvalue weighted by Gasteiger charge is 2.66. The molecule has 8 nitrogen and oxygen atoms in total. The summed E-state index contributed by atoms with van der Waals surface area (Å²) in [7, 11) is -1.76. The molecular weight excluding hydrogens is 541 g/mol. The molecule has 3 amide bonds. The van der Waals surface area contributed by atoms with E-state index >= 15 is 4.11 Å². The molecule has 2 saturated heterocycles. The molecule has 218 valence electrons. The highest BCUT2D eigenvalue weighted by Crippen LogP contribution is 2.60. The number of benzene rings is 2. The summed E-state index contributed by atoms with van der Waals surface area (Å²) in [5, 5.41) is 10.1. The van der Waals surface area contributed by atoms with E-state index in [9.17, 15) is 19.5 Å². The van der Waals surface area contributed by atoms with Crippen LogP contribution < -0.4 is 9.80 Å². The number of amides is 3. The number of carbonyl (C=O) groups excluding carboxylic acids is 3. The molecule has 4 aliphatic rings. The summed E-state index contributed by atoms with van der Waals surface area (Å²) in [5.74, 6) is -0.976. The highest BCUT2D eigenvalue weighted by molar-refractivity contribution is 6.72. The standard InChI is InChI=1S/C31H38FN3O5Si/c1-19-29(41(3,4)32)26(16-28(38)35-17-21-9-6-5-8-20(21)14-23(35)18-36)40-31(19)24-15-22(34-13-7-10-27(34)37)11-12-25(24)33(2)30(31)39/h5-6,8-9,11-12,15,19,23,26,29,36H,7,10,13-14,16-18H2,1-4H3/t19-,23+,26+,29-,31+/m1/s1. The van der Waals surface area contributed by atoms with Gasteiger partial charge in [-0.3, -0.25) is 14.4 Å². The number of aliphatic hydroxyl groups excluding tert-OH is 1. The van der Waals surface area contributed by atoms with Crippen LogP contribution in [0.3, 0.4) is 0 Å². The molecular formula is C31H38FN3O5Si. The van der Waals surface area contributed by atoms with E-state index < -0.39 is 31.6 Å². The van der Waals surface area contributed by atoms with Crippen molar-refractivity contribution in [3.8, 4) is 0 Å². The monoisotopic (exact) mass is 579 g/mol. The molecule has 41 heavy (non-hydrogen) atoms. The summed E-state index contributed by atoms with van der Waals surface area (Å²) in [6.07, 6.45) is 0.924. The van der Waals surface area contributed by atoms with Gasteiger partial charge >= 0.3 is 0 Å². The quantitative estimate of drug-likeness (QED) is 0.429. The lowest BCUT2D eigenvalue weighted by molar-refractivity contribution is -0.150. The van der Waals surface area contributed by atoms with Crippen LogP contribution in [0.5, 0.6) is 0 Å². The van der Waals surface area contributed by atoms with Crippen molar-refractivity contribution in [2.45, 2.75) is 75.5 Å². The molecule has 0 aliphatic carbocycles. The lowest BCUT2D eigenvalue weighted by atomic mass is 9.82. The van der Waals surface area contributed by atoms with Crippen LogP contribution in [0, 0.1) is 5.92 Å². The van der Waals surface area contributed by atoms with Gasteiger partial charge in [-0.2, -0.15) is 0 Å². The zero-order valence-corrected chi connectivity index (χ0v) is 25.1. The van der Waals surface area contributed by atoms with Gasteiger partial charge in [-0.1, -0.05) is 31.2 Å². The van der Waals surface area contributed by atoms with E-state index in [-0.39, 0.29) is 36.8 Å². The molecule has 10 heteroatoms. The third-order valence-electron chi connectivity index (χ3n) is 9.72. The summed E-state index contributed by atoms with van der Waals surface area (Å²) < 4.78 is 22.9. The average Bonchev–Trinajstić information content (AvgIpc) is 3.57. The molecule has 6 rings (SSSR count). The molecule has 2 fully saturated rings. The van der Waals surface area contributed by atoms with E-state index in [1.165, 1.54) is 0 Å². The number of ether oxygens (including phenoxy) is 1. The Kier molecular flexibility index (Phi) is 6.86. The van der Waals surface area contributed by atoms with Crippen LogP contribution in [0.2, 0.25) is 18.6 Å². The summed E-state index contributed by atoms with van der Waals surface area (Å²) in [6.45, 7) is 5.90. The van der Waals surface area contributed by atoms with Gasteiger partial charge < -0.3 is 28.7 Å². The smallest absolute Gasteiger partial charge is 0.264 e. The molecule has 4 aliphatic heterocycles. The number of rotatable bonds is 5. The van der Waals surface area contributed by atoms with Crippen LogP contribution in [-0.4, -0.2) is 68.5 Å². The molecule has 0 saturated carbocycles. The van der Waals surface area contributed by atoms with Gasteiger partial charge in [0.15, 0.2) is 5.60 Å². The second-order valence-corrected chi connectivity index (χ2v) is 16.3. The Labute approximate surface area is 241 Å². The maximum absolute atomic E-state index is 16.2. The minimum atomic E-state index is -3.45. The summed E-state index contributed by atoms with van der Waals surface area (Å²) in [6, 6.07) is 13.1. The first kappa shape index (κ1) is 28.1.